The van der Waals surface area contributed by atoms with E-state index in [9.17, 15) is 0 Å². The van der Waals surface area contributed by atoms with Gasteiger partial charge in [0.15, 0.2) is 0 Å². The largest absolute Gasteiger partial charge is 0.297 e. The van der Waals surface area contributed by atoms with Crippen LogP contribution in [0.5, 0.6) is 0 Å². The molecule has 0 saturated heterocycles. The molecule has 0 heterocycles. The highest BCUT2D eigenvalue weighted by Gasteiger charge is 2.00. The molecule has 0 saturated carbocycles. The lowest BCUT2D eigenvalue weighted by Gasteiger charge is -2.13. The van der Waals surface area contributed by atoms with Gasteiger partial charge in [-0.15, -0.1) is 0 Å². The fourth-order valence-corrected chi connectivity index (χ4v) is 0.926. The first-order valence-electron chi connectivity index (χ1n) is 2.05. The monoisotopic (exact) mass is 325 g/mol. The van der Waals surface area contributed by atoms with Gasteiger partial charge in [-0.05, 0) is 14.1 Å². The second-order valence-electron chi connectivity index (χ2n) is 1.55. The van der Waals surface area contributed by atoms with Crippen LogP contribution in [0.25, 0.3) is 0 Å². The van der Waals surface area contributed by atoms with Gasteiger partial charge in [0, 0.05) is 4.43 Å². The number of hydrogen-bond acceptors (Lipinski definition) is 1. The van der Waals surface area contributed by atoms with E-state index in [-0.39, 0.29) is 0 Å². The van der Waals surface area contributed by atoms with Crippen LogP contribution >= 0.6 is 45.2 Å². The first-order chi connectivity index (χ1) is 3.18. The molecule has 0 N–H and O–H groups in total. The van der Waals surface area contributed by atoms with Crippen molar-refractivity contribution in [3.63, 3.8) is 0 Å². The molecule has 0 radical (unpaired) electrons. The Morgan fingerprint density at radius 2 is 2.00 bits per heavy atom. The lowest BCUT2D eigenvalue weighted by molar-refractivity contribution is 0.423. The number of alkyl halides is 2. The van der Waals surface area contributed by atoms with E-state index in [0.717, 1.165) is 0 Å². The Bertz CT molecular complexity index is 47.0. The minimum absolute atomic E-state index is 0.693. The molecule has 0 rings (SSSR count). The Kier molecular flexibility index (Phi) is 5.19. The summed E-state index contributed by atoms with van der Waals surface area (Å²) in [6.07, 6.45) is 0. The van der Waals surface area contributed by atoms with E-state index in [1.165, 1.54) is 4.43 Å². The maximum atomic E-state index is 2.41. The molecule has 7 heavy (non-hydrogen) atoms. The second kappa shape index (κ2) is 4.31. The predicted octanol–water partition coefficient (Wildman–Crippen LogP) is 1.74. The van der Waals surface area contributed by atoms with Gasteiger partial charge < -0.3 is 0 Å². The smallest absolute Gasteiger partial charge is 0.0704 e. The van der Waals surface area contributed by atoms with Crippen LogP contribution in [0.4, 0.5) is 0 Å². The summed E-state index contributed by atoms with van der Waals surface area (Å²) >= 11 is 4.79. The number of halogens is 2. The summed E-state index contributed by atoms with van der Waals surface area (Å²) in [6, 6.07) is 0. The zero-order chi connectivity index (χ0) is 5.86. The Morgan fingerprint density at radius 1 is 1.57 bits per heavy atom. The van der Waals surface area contributed by atoms with Crippen molar-refractivity contribution < 1.29 is 0 Å². The molecule has 0 aliphatic rings. The Labute approximate surface area is 72.1 Å². The maximum Gasteiger partial charge on any atom is 0.0704 e. The van der Waals surface area contributed by atoms with Gasteiger partial charge in [-0.3, -0.25) is 4.90 Å². The van der Waals surface area contributed by atoms with Gasteiger partial charge in [-0.2, -0.15) is 0 Å². The topological polar surface area (TPSA) is 3.24 Å². The van der Waals surface area contributed by atoms with Crippen LogP contribution in [0.3, 0.4) is 0 Å². The fourth-order valence-electron chi connectivity index (χ4n) is 0.138. The highest BCUT2D eigenvalue weighted by Crippen LogP contribution is 2.05. The fraction of sp³-hybridized carbons (Fsp3) is 1.00. The molecule has 0 aliphatic heterocycles. The van der Waals surface area contributed by atoms with E-state index in [1.54, 1.807) is 0 Å². The SMILES string of the molecule is CN(C)C(I)CI. The van der Waals surface area contributed by atoms with Crippen molar-refractivity contribution in [3.8, 4) is 0 Å². The minimum atomic E-state index is 0.693. The molecular weight excluding hydrogens is 316 g/mol. The number of hydrogen-bond donors (Lipinski definition) is 0. The van der Waals surface area contributed by atoms with Crippen LogP contribution in [-0.2, 0) is 0 Å². The van der Waals surface area contributed by atoms with Gasteiger partial charge in [-0.1, -0.05) is 45.2 Å². The van der Waals surface area contributed by atoms with Crippen molar-refractivity contribution in [2.45, 2.75) is 4.05 Å². The van der Waals surface area contributed by atoms with Crippen LogP contribution in [0.2, 0.25) is 0 Å². The van der Waals surface area contributed by atoms with Crippen molar-refractivity contribution in [2.24, 2.45) is 0 Å². The van der Waals surface area contributed by atoms with Crippen molar-refractivity contribution >= 4 is 45.2 Å². The summed E-state index contributed by atoms with van der Waals surface area (Å²) in [5, 5.41) is 0. The molecule has 44 valence electrons. The molecule has 0 amide bonds. The van der Waals surface area contributed by atoms with E-state index >= 15 is 0 Å². The van der Waals surface area contributed by atoms with Crippen LogP contribution in [0.15, 0.2) is 0 Å². The average molecular weight is 325 g/mol. The summed E-state index contributed by atoms with van der Waals surface area (Å²) in [7, 11) is 4.19. The molecule has 0 aromatic rings. The van der Waals surface area contributed by atoms with Crippen molar-refractivity contribution in [2.75, 3.05) is 18.5 Å². The van der Waals surface area contributed by atoms with Gasteiger partial charge in [0.1, 0.15) is 0 Å². The quantitative estimate of drug-likeness (QED) is 0.425. The summed E-state index contributed by atoms with van der Waals surface area (Å²) in [4.78, 5) is 2.20. The summed E-state index contributed by atoms with van der Waals surface area (Å²) in [5.41, 5.74) is 0. The predicted molar refractivity (Wildman–Crippen MR) is 50.4 cm³/mol. The van der Waals surface area contributed by atoms with E-state index in [1.807, 2.05) is 0 Å². The first-order valence-corrected chi connectivity index (χ1v) is 4.82. The van der Waals surface area contributed by atoms with Gasteiger partial charge in [0.2, 0.25) is 0 Å². The highest BCUT2D eigenvalue weighted by molar-refractivity contribution is 14.1. The van der Waals surface area contributed by atoms with E-state index < -0.39 is 0 Å². The molecule has 0 fully saturated rings. The van der Waals surface area contributed by atoms with E-state index in [4.69, 9.17) is 0 Å². The number of nitrogens with zero attached hydrogens (tertiary/aromatic N) is 1. The molecule has 0 aliphatic carbocycles. The Hall–Kier alpha value is 1.42. The third-order valence-electron chi connectivity index (χ3n) is 0.688. The molecule has 1 atom stereocenters. The van der Waals surface area contributed by atoms with Gasteiger partial charge in [0.05, 0.1) is 4.05 Å². The average Bonchev–Trinajstić information content (AvgIpc) is 1.65. The van der Waals surface area contributed by atoms with Crippen molar-refractivity contribution in [3.05, 3.63) is 0 Å². The zero-order valence-corrected chi connectivity index (χ0v) is 8.80. The third kappa shape index (κ3) is 3.96. The molecular formula is C4H9I2N. The molecule has 1 nitrogen and oxygen atoms in total. The molecule has 1 unspecified atom stereocenters. The molecule has 3 heteroatoms. The van der Waals surface area contributed by atoms with Crippen molar-refractivity contribution in [1.29, 1.82) is 0 Å². The van der Waals surface area contributed by atoms with E-state index in [0.29, 0.717) is 4.05 Å². The van der Waals surface area contributed by atoms with Crippen LogP contribution in [0.1, 0.15) is 0 Å². The zero-order valence-electron chi connectivity index (χ0n) is 4.49. The van der Waals surface area contributed by atoms with E-state index in [2.05, 4.69) is 64.2 Å². The normalized spacial score (nSPS) is 15.0. The molecule has 0 aromatic heterocycles. The first kappa shape index (κ1) is 8.42. The molecule has 0 spiro atoms. The van der Waals surface area contributed by atoms with Crippen LogP contribution in [-0.4, -0.2) is 27.5 Å². The summed E-state index contributed by atoms with van der Waals surface area (Å²) < 4.78 is 1.89. The van der Waals surface area contributed by atoms with Crippen molar-refractivity contribution in [1.82, 2.24) is 4.90 Å². The highest BCUT2D eigenvalue weighted by atomic mass is 127. The van der Waals surface area contributed by atoms with Gasteiger partial charge in [-0.25, -0.2) is 0 Å². The summed E-state index contributed by atoms with van der Waals surface area (Å²) in [6.45, 7) is 0. The Morgan fingerprint density at radius 3 is 2.00 bits per heavy atom. The maximum absolute atomic E-state index is 2.41. The van der Waals surface area contributed by atoms with Gasteiger partial charge in [0.25, 0.3) is 0 Å². The lowest BCUT2D eigenvalue weighted by atomic mass is 10.7. The standard InChI is InChI=1S/C4H9I2N/c1-7(2)4(6)3-5/h4H,3H2,1-2H3. The third-order valence-corrected chi connectivity index (χ3v) is 4.76. The molecule has 0 aromatic carbocycles. The number of rotatable bonds is 2. The minimum Gasteiger partial charge on any atom is -0.297 e. The molecule has 0 bridgehead atoms. The van der Waals surface area contributed by atoms with Gasteiger partial charge >= 0.3 is 0 Å². The van der Waals surface area contributed by atoms with Crippen LogP contribution in [0, 0.1) is 0 Å². The van der Waals surface area contributed by atoms with Crippen LogP contribution < -0.4 is 0 Å². The second-order valence-corrected chi connectivity index (χ2v) is 3.87. The summed E-state index contributed by atoms with van der Waals surface area (Å²) in [5.74, 6) is 0. The Balaban J connectivity index is 3.14. The lowest BCUT2D eigenvalue weighted by Crippen LogP contribution is -2.22.